The summed E-state index contributed by atoms with van der Waals surface area (Å²) in [5, 5.41) is 6.22. The van der Waals surface area contributed by atoms with Crippen LogP contribution in [0.3, 0.4) is 0 Å². The highest BCUT2D eigenvalue weighted by atomic mass is 35.5. The second kappa shape index (κ2) is 8.03. The van der Waals surface area contributed by atoms with Gasteiger partial charge in [0, 0.05) is 30.4 Å². The van der Waals surface area contributed by atoms with Crippen LogP contribution in [-0.4, -0.2) is 23.9 Å². The standard InChI is InChI=1S/C19H22ClN3O2/c1-12-9-10-15(11-18(12)21-14(3)24)22-19(25)23(4)13(2)16-7-5-6-8-17(16)20/h5-11,13H,1-4H3,(H,21,24)(H,22,25). The van der Waals surface area contributed by atoms with Crippen molar-refractivity contribution in [3.05, 3.63) is 58.6 Å². The third-order valence-corrected chi connectivity index (χ3v) is 4.40. The Morgan fingerprint density at radius 1 is 1.12 bits per heavy atom. The highest BCUT2D eigenvalue weighted by Gasteiger charge is 2.19. The third-order valence-electron chi connectivity index (χ3n) is 4.06. The molecular weight excluding hydrogens is 338 g/mol. The Labute approximate surface area is 153 Å². The molecule has 0 aliphatic rings. The number of hydrogen-bond acceptors (Lipinski definition) is 2. The van der Waals surface area contributed by atoms with Crippen LogP contribution >= 0.6 is 11.6 Å². The summed E-state index contributed by atoms with van der Waals surface area (Å²) in [5.41, 5.74) is 3.08. The molecule has 3 amide bonds. The Bertz CT molecular complexity index is 792. The van der Waals surface area contributed by atoms with Gasteiger partial charge in [-0.15, -0.1) is 0 Å². The van der Waals surface area contributed by atoms with Crippen molar-refractivity contribution in [2.45, 2.75) is 26.8 Å². The Hall–Kier alpha value is -2.53. The van der Waals surface area contributed by atoms with Crippen molar-refractivity contribution in [1.29, 1.82) is 0 Å². The Morgan fingerprint density at radius 2 is 1.80 bits per heavy atom. The van der Waals surface area contributed by atoms with Gasteiger partial charge in [0.05, 0.1) is 6.04 Å². The van der Waals surface area contributed by atoms with Gasteiger partial charge in [-0.2, -0.15) is 0 Å². The normalized spacial score (nSPS) is 11.6. The maximum absolute atomic E-state index is 12.5. The lowest BCUT2D eigenvalue weighted by Crippen LogP contribution is -2.33. The summed E-state index contributed by atoms with van der Waals surface area (Å²) < 4.78 is 0. The number of nitrogens with one attached hydrogen (secondary N) is 2. The summed E-state index contributed by atoms with van der Waals surface area (Å²) in [6.07, 6.45) is 0. The summed E-state index contributed by atoms with van der Waals surface area (Å²) >= 11 is 6.22. The summed E-state index contributed by atoms with van der Waals surface area (Å²) in [5.74, 6) is -0.156. The number of anilines is 2. The molecule has 0 heterocycles. The Kier molecular flexibility index (Phi) is 6.04. The van der Waals surface area contributed by atoms with Gasteiger partial charge in [0.2, 0.25) is 5.91 Å². The monoisotopic (exact) mass is 359 g/mol. The first-order chi connectivity index (χ1) is 11.8. The summed E-state index contributed by atoms with van der Waals surface area (Å²) in [4.78, 5) is 25.4. The smallest absolute Gasteiger partial charge is 0.322 e. The van der Waals surface area contributed by atoms with E-state index in [0.717, 1.165) is 11.1 Å². The molecule has 0 aromatic heterocycles. The van der Waals surface area contributed by atoms with E-state index in [1.807, 2.05) is 38.1 Å². The Balaban J connectivity index is 2.13. The molecule has 0 aliphatic carbocycles. The molecule has 0 fully saturated rings. The van der Waals surface area contributed by atoms with Crippen LogP contribution < -0.4 is 10.6 Å². The lowest BCUT2D eigenvalue weighted by molar-refractivity contribution is -0.114. The van der Waals surface area contributed by atoms with E-state index >= 15 is 0 Å². The van der Waals surface area contributed by atoms with Gasteiger partial charge in [-0.1, -0.05) is 35.9 Å². The number of rotatable bonds is 4. The van der Waals surface area contributed by atoms with E-state index in [1.165, 1.54) is 6.92 Å². The van der Waals surface area contributed by atoms with Crippen LogP contribution in [0.1, 0.15) is 31.0 Å². The molecule has 2 aromatic carbocycles. The van der Waals surface area contributed by atoms with E-state index in [-0.39, 0.29) is 18.0 Å². The van der Waals surface area contributed by atoms with Crippen molar-refractivity contribution in [2.24, 2.45) is 0 Å². The second-order valence-electron chi connectivity index (χ2n) is 5.95. The van der Waals surface area contributed by atoms with Crippen LogP contribution in [0.2, 0.25) is 5.02 Å². The molecular formula is C19H22ClN3O2. The number of benzene rings is 2. The molecule has 2 N–H and O–H groups in total. The largest absolute Gasteiger partial charge is 0.326 e. The molecule has 2 aromatic rings. The second-order valence-corrected chi connectivity index (χ2v) is 6.36. The summed E-state index contributed by atoms with van der Waals surface area (Å²) in [6.45, 7) is 5.25. The van der Waals surface area contributed by atoms with Crippen LogP contribution in [-0.2, 0) is 4.79 Å². The minimum Gasteiger partial charge on any atom is -0.326 e. The predicted molar refractivity (Wildman–Crippen MR) is 102 cm³/mol. The molecule has 2 rings (SSSR count). The van der Waals surface area contributed by atoms with Crippen LogP contribution in [0, 0.1) is 6.92 Å². The van der Waals surface area contributed by atoms with Crippen molar-refractivity contribution in [3.63, 3.8) is 0 Å². The lowest BCUT2D eigenvalue weighted by Gasteiger charge is -2.26. The molecule has 6 heteroatoms. The van der Waals surface area contributed by atoms with Gasteiger partial charge >= 0.3 is 6.03 Å². The first-order valence-corrected chi connectivity index (χ1v) is 8.34. The average Bonchev–Trinajstić information content (AvgIpc) is 2.56. The zero-order valence-corrected chi connectivity index (χ0v) is 15.5. The number of hydrogen-bond donors (Lipinski definition) is 2. The molecule has 0 saturated heterocycles. The van der Waals surface area contributed by atoms with Crippen molar-refractivity contribution in [3.8, 4) is 0 Å². The first kappa shape index (κ1) is 18.8. The average molecular weight is 360 g/mol. The minimum atomic E-state index is -0.259. The molecule has 0 aliphatic heterocycles. The predicted octanol–water partition coefficient (Wildman–Crippen LogP) is 4.83. The summed E-state index contributed by atoms with van der Waals surface area (Å²) in [7, 11) is 1.71. The van der Waals surface area contributed by atoms with Crippen molar-refractivity contribution < 1.29 is 9.59 Å². The number of aryl methyl sites for hydroxylation is 1. The molecule has 0 saturated carbocycles. The highest BCUT2D eigenvalue weighted by Crippen LogP contribution is 2.27. The van der Waals surface area contributed by atoms with Crippen LogP contribution in [0.4, 0.5) is 16.2 Å². The quantitative estimate of drug-likeness (QED) is 0.821. The fourth-order valence-corrected chi connectivity index (χ4v) is 2.73. The minimum absolute atomic E-state index is 0.156. The molecule has 5 nitrogen and oxygen atoms in total. The number of nitrogens with zero attached hydrogens (tertiary/aromatic N) is 1. The number of carbonyl (C=O) groups excluding carboxylic acids is 2. The zero-order chi connectivity index (χ0) is 18.6. The zero-order valence-electron chi connectivity index (χ0n) is 14.8. The number of urea groups is 1. The van der Waals surface area contributed by atoms with Gasteiger partial charge in [0.1, 0.15) is 0 Å². The van der Waals surface area contributed by atoms with Gasteiger partial charge in [-0.25, -0.2) is 4.79 Å². The molecule has 0 bridgehead atoms. The van der Waals surface area contributed by atoms with Crippen LogP contribution in [0.5, 0.6) is 0 Å². The molecule has 132 valence electrons. The first-order valence-electron chi connectivity index (χ1n) is 7.96. The molecule has 1 unspecified atom stereocenters. The van der Waals surface area contributed by atoms with Crippen LogP contribution in [0.15, 0.2) is 42.5 Å². The topological polar surface area (TPSA) is 61.4 Å². The van der Waals surface area contributed by atoms with E-state index in [2.05, 4.69) is 10.6 Å². The maximum atomic E-state index is 12.5. The number of amides is 3. The van der Waals surface area contributed by atoms with Gasteiger partial charge in [-0.3, -0.25) is 4.79 Å². The number of halogens is 1. The van der Waals surface area contributed by atoms with Gasteiger partial charge in [0.25, 0.3) is 0 Å². The van der Waals surface area contributed by atoms with Gasteiger partial charge in [-0.05, 0) is 43.2 Å². The fraction of sp³-hybridized carbons (Fsp3) is 0.263. The van der Waals surface area contributed by atoms with E-state index in [4.69, 9.17) is 11.6 Å². The molecule has 1 atom stereocenters. The summed E-state index contributed by atoms with van der Waals surface area (Å²) in [6, 6.07) is 12.4. The van der Waals surface area contributed by atoms with Gasteiger partial charge < -0.3 is 15.5 Å². The number of carbonyl (C=O) groups is 2. The maximum Gasteiger partial charge on any atom is 0.322 e. The molecule has 25 heavy (non-hydrogen) atoms. The van der Waals surface area contributed by atoms with Crippen molar-refractivity contribution in [1.82, 2.24) is 4.90 Å². The molecule has 0 radical (unpaired) electrons. The third kappa shape index (κ3) is 4.73. The van der Waals surface area contributed by atoms with E-state index in [0.29, 0.717) is 16.4 Å². The van der Waals surface area contributed by atoms with E-state index in [9.17, 15) is 9.59 Å². The highest BCUT2D eigenvalue weighted by molar-refractivity contribution is 6.31. The van der Waals surface area contributed by atoms with Gasteiger partial charge in [0.15, 0.2) is 0 Å². The van der Waals surface area contributed by atoms with Crippen molar-refractivity contribution in [2.75, 3.05) is 17.7 Å². The van der Waals surface area contributed by atoms with Crippen molar-refractivity contribution >= 4 is 34.9 Å². The lowest BCUT2D eigenvalue weighted by atomic mass is 10.1. The van der Waals surface area contributed by atoms with E-state index in [1.54, 1.807) is 30.1 Å². The fourth-order valence-electron chi connectivity index (χ4n) is 2.43. The van der Waals surface area contributed by atoms with Crippen LogP contribution in [0.25, 0.3) is 0 Å². The Morgan fingerprint density at radius 3 is 2.44 bits per heavy atom. The molecule has 0 spiro atoms. The SMILES string of the molecule is CC(=O)Nc1cc(NC(=O)N(C)C(C)c2ccccc2Cl)ccc1C. The van der Waals surface area contributed by atoms with E-state index < -0.39 is 0 Å².